The molecule has 0 aliphatic carbocycles. The van der Waals surface area contributed by atoms with Crippen LogP contribution in [0.1, 0.15) is 21.7 Å². The summed E-state index contributed by atoms with van der Waals surface area (Å²) in [6, 6.07) is 0. The van der Waals surface area contributed by atoms with Gasteiger partial charge in [0.15, 0.2) is 11.3 Å². The smallest absolute Gasteiger partial charge is 0.356 e. The molecule has 68 valence electrons. The average Bonchev–Trinajstić information content (AvgIpc) is 2.55. The van der Waals surface area contributed by atoms with Crippen LogP contribution in [0.25, 0.3) is 5.65 Å². The van der Waals surface area contributed by atoms with Crippen LogP contribution in [-0.4, -0.2) is 25.7 Å². The van der Waals surface area contributed by atoms with E-state index in [0.717, 1.165) is 11.3 Å². The Bertz CT molecular complexity index is 481. The Balaban J connectivity index is 2.72. The Morgan fingerprint density at radius 3 is 2.85 bits per heavy atom. The SMILES string of the molecule is Cc1[nH]n2cc(C(=O)O)nc2c1C. The van der Waals surface area contributed by atoms with E-state index in [1.807, 2.05) is 13.8 Å². The highest BCUT2D eigenvalue weighted by Gasteiger charge is 2.12. The number of nitrogens with one attached hydrogen (secondary N) is 1. The Kier molecular flexibility index (Phi) is 1.42. The van der Waals surface area contributed by atoms with Crippen LogP contribution in [0.3, 0.4) is 0 Å². The predicted molar refractivity (Wildman–Crippen MR) is 46.0 cm³/mol. The number of hydrogen-bond acceptors (Lipinski definition) is 2. The number of nitrogens with zero attached hydrogens (tertiary/aromatic N) is 2. The largest absolute Gasteiger partial charge is 0.476 e. The van der Waals surface area contributed by atoms with Crippen molar-refractivity contribution in [1.29, 1.82) is 0 Å². The van der Waals surface area contributed by atoms with Gasteiger partial charge in [0.05, 0.1) is 6.20 Å². The number of imidazole rings is 1. The molecule has 0 fully saturated rings. The summed E-state index contributed by atoms with van der Waals surface area (Å²) in [6.07, 6.45) is 1.47. The Morgan fingerprint density at radius 2 is 2.31 bits per heavy atom. The standard InChI is InChI=1S/C8H9N3O2/c1-4-5(2)10-11-3-6(8(12)13)9-7(4)11/h3,10H,1-2H3,(H,12,13). The molecule has 0 spiro atoms. The fourth-order valence-electron chi connectivity index (χ4n) is 1.27. The van der Waals surface area contributed by atoms with Crippen LogP contribution in [0, 0.1) is 13.8 Å². The maximum Gasteiger partial charge on any atom is 0.356 e. The third-order valence-electron chi connectivity index (χ3n) is 2.11. The highest BCUT2D eigenvalue weighted by Crippen LogP contribution is 2.13. The number of rotatable bonds is 1. The molecule has 5 nitrogen and oxygen atoms in total. The van der Waals surface area contributed by atoms with Crippen molar-refractivity contribution in [2.24, 2.45) is 0 Å². The van der Waals surface area contributed by atoms with Gasteiger partial charge in [-0.3, -0.25) is 5.10 Å². The molecule has 2 aromatic rings. The van der Waals surface area contributed by atoms with Crippen molar-refractivity contribution in [3.8, 4) is 0 Å². The molecule has 0 atom stereocenters. The van der Waals surface area contributed by atoms with Gasteiger partial charge in [0, 0.05) is 11.3 Å². The first-order valence-electron chi connectivity index (χ1n) is 3.87. The van der Waals surface area contributed by atoms with Gasteiger partial charge in [-0.15, -0.1) is 0 Å². The lowest BCUT2D eigenvalue weighted by Gasteiger charge is -1.85. The molecule has 0 radical (unpaired) electrons. The number of hydrogen-bond donors (Lipinski definition) is 2. The van der Waals surface area contributed by atoms with Gasteiger partial charge in [0.25, 0.3) is 0 Å². The first-order valence-corrected chi connectivity index (χ1v) is 3.87. The number of H-pyrrole nitrogens is 1. The van der Waals surface area contributed by atoms with E-state index >= 15 is 0 Å². The number of aromatic carboxylic acids is 1. The summed E-state index contributed by atoms with van der Waals surface area (Å²) >= 11 is 0. The number of carboxylic acid groups (broad SMARTS) is 1. The zero-order valence-corrected chi connectivity index (χ0v) is 7.33. The molecule has 0 unspecified atom stereocenters. The number of aromatic nitrogens is 3. The maximum absolute atomic E-state index is 10.6. The summed E-state index contributed by atoms with van der Waals surface area (Å²) in [5.41, 5.74) is 2.72. The number of carbonyl (C=O) groups is 1. The normalized spacial score (nSPS) is 10.9. The first-order chi connectivity index (χ1) is 6.09. The molecule has 0 saturated carbocycles. The van der Waals surface area contributed by atoms with E-state index in [9.17, 15) is 4.79 Å². The topological polar surface area (TPSA) is 70.4 Å². The van der Waals surface area contributed by atoms with Crippen molar-refractivity contribution in [2.75, 3.05) is 0 Å². The van der Waals surface area contributed by atoms with E-state index in [2.05, 4.69) is 10.1 Å². The summed E-state index contributed by atoms with van der Waals surface area (Å²) in [6.45, 7) is 3.82. The van der Waals surface area contributed by atoms with Crippen LogP contribution in [0.15, 0.2) is 6.20 Å². The molecule has 2 N–H and O–H groups in total. The molecule has 0 aromatic carbocycles. The quantitative estimate of drug-likeness (QED) is 0.685. The van der Waals surface area contributed by atoms with Gasteiger partial charge >= 0.3 is 5.97 Å². The van der Waals surface area contributed by atoms with E-state index in [4.69, 9.17) is 5.11 Å². The van der Waals surface area contributed by atoms with Gasteiger partial charge in [-0.25, -0.2) is 14.3 Å². The van der Waals surface area contributed by atoms with Gasteiger partial charge in [0.1, 0.15) is 0 Å². The van der Waals surface area contributed by atoms with Crippen molar-refractivity contribution in [2.45, 2.75) is 13.8 Å². The van der Waals surface area contributed by atoms with Crippen LogP contribution < -0.4 is 0 Å². The van der Waals surface area contributed by atoms with Gasteiger partial charge in [-0.1, -0.05) is 0 Å². The molecule has 5 heteroatoms. The van der Waals surface area contributed by atoms with Gasteiger partial charge in [0.2, 0.25) is 0 Å². The number of aryl methyl sites for hydroxylation is 2. The summed E-state index contributed by atoms with van der Waals surface area (Å²) in [5.74, 6) is -1.01. The minimum atomic E-state index is -1.01. The molecule has 2 aromatic heterocycles. The van der Waals surface area contributed by atoms with E-state index in [1.54, 1.807) is 4.52 Å². The Hall–Kier alpha value is -1.78. The van der Waals surface area contributed by atoms with Crippen molar-refractivity contribution in [3.05, 3.63) is 23.1 Å². The van der Waals surface area contributed by atoms with Crippen LogP contribution in [0.5, 0.6) is 0 Å². The van der Waals surface area contributed by atoms with Crippen LogP contribution in [0.2, 0.25) is 0 Å². The molecule has 13 heavy (non-hydrogen) atoms. The number of carboxylic acids is 1. The third kappa shape index (κ3) is 1.00. The van der Waals surface area contributed by atoms with Crippen molar-refractivity contribution < 1.29 is 9.90 Å². The highest BCUT2D eigenvalue weighted by molar-refractivity contribution is 5.86. The minimum absolute atomic E-state index is 0.0642. The second-order valence-corrected chi connectivity index (χ2v) is 2.99. The zero-order chi connectivity index (χ0) is 9.59. The molecule has 0 aliphatic heterocycles. The van der Waals surface area contributed by atoms with E-state index in [0.29, 0.717) is 5.65 Å². The fraction of sp³-hybridized carbons (Fsp3) is 0.250. The molecular weight excluding hydrogens is 170 g/mol. The molecule has 0 aliphatic rings. The summed E-state index contributed by atoms with van der Waals surface area (Å²) < 4.78 is 1.62. The van der Waals surface area contributed by atoms with E-state index in [1.165, 1.54) is 6.20 Å². The second kappa shape index (κ2) is 2.35. The van der Waals surface area contributed by atoms with Gasteiger partial charge < -0.3 is 5.11 Å². The average molecular weight is 179 g/mol. The molecule has 2 heterocycles. The van der Waals surface area contributed by atoms with Gasteiger partial charge in [-0.05, 0) is 13.8 Å². The van der Waals surface area contributed by atoms with Gasteiger partial charge in [-0.2, -0.15) is 0 Å². The lowest BCUT2D eigenvalue weighted by Crippen LogP contribution is -1.95. The highest BCUT2D eigenvalue weighted by atomic mass is 16.4. The van der Waals surface area contributed by atoms with Crippen LogP contribution in [-0.2, 0) is 0 Å². The zero-order valence-electron chi connectivity index (χ0n) is 7.33. The number of aromatic amines is 1. The monoisotopic (exact) mass is 179 g/mol. The van der Waals surface area contributed by atoms with Crippen LogP contribution >= 0.6 is 0 Å². The van der Waals surface area contributed by atoms with Crippen molar-refractivity contribution in [3.63, 3.8) is 0 Å². The summed E-state index contributed by atoms with van der Waals surface area (Å²) in [4.78, 5) is 14.5. The molecule has 2 rings (SSSR count). The molecule has 0 bridgehead atoms. The lowest BCUT2D eigenvalue weighted by molar-refractivity contribution is 0.0691. The maximum atomic E-state index is 10.6. The third-order valence-corrected chi connectivity index (χ3v) is 2.11. The predicted octanol–water partition coefficient (Wildman–Crippen LogP) is 0.977. The van der Waals surface area contributed by atoms with Crippen molar-refractivity contribution in [1.82, 2.24) is 14.6 Å². The molecule has 0 amide bonds. The fourth-order valence-corrected chi connectivity index (χ4v) is 1.27. The van der Waals surface area contributed by atoms with Crippen molar-refractivity contribution >= 4 is 11.6 Å². The Morgan fingerprint density at radius 1 is 1.62 bits per heavy atom. The van der Waals surface area contributed by atoms with E-state index < -0.39 is 5.97 Å². The lowest BCUT2D eigenvalue weighted by atomic mass is 10.3. The number of fused-ring (bicyclic) bond motifs is 1. The minimum Gasteiger partial charge on any atom is -0.476 e. The summed E-state index contributed by atoms with van der Waals surface area (Å²) in [5, 5.41) is 11.7. The first kappa shape index (κ1) is 7.85. The Labute approximate surface area is 74.0 Å². The molecular formula is C8H9N3O2. The van der Waals surface area contributed by atoms with Crippen LogP contribution in [0.4, 0.5) is 0 Å². The molecule has 0 saturated heterocycles. The van der Waals surface area contributed by atoms with E-state index in [-0.39, 0.29) is 5.69 Å². The summed E-state index contributed by atoms with van der Waals surface area (Å²) in [7, 11) is 0. The second-order valence-electron chi connectivity index (χ2n) is 2.99.